The molecule has 0 bridgehead atoms. The van der Waals surface area contributed by atoms with Crippen molar-refractivity contribution >= 4 is 11.8 Å². The summed E-state index contributed by atoms with van der Waals surface area (Å²) in [5.74, 6) is -0.501. The quantitative estimate of drug-likeness (QED) is 0.868. The minimum atomic E-state index is -4.36. The summed E-state index contributed by atoms with van der Waals surface area (Å²) < 4.78 is 37.0. The van der Waals surface area contributed by atoms with E-state index >= 15 is 0 Å². The molecule has 0 aliphatic heterocycles. The molecular formula is C13H15F3N2O2. The summed E-state index contributed by atoms with van der Waals surface area (Å²) >= 11 is 0. The first-order chi connectivity index (χ1) is 9.29. The predicted molar refractivity (Wildman–Crippen MR) is 66.6 cm³/mol. The average molecular weight is 288 g/mol. The molecule has 0 fully saturated rings. The van der Waals surface area contributed by atoms with Crippen molar-refractivity contribution in [2.75, 3.05) is 6.54 Å². The van der Waals surface area contributed by atoms with Crippen LogP contribution in [0.4, 0.5) is 13.2 Å². The van der Waals surface area contributed by atoms with E-state index in [0.717, 1.165) is 12.1 Å². The lowest BCUT2D eigenvalue weighted by Gasteiger charge is -2.08. The fraction of sp³-hybridized carbons (Fsp3) is 0.385. The highest BCUT2D eigenvalue weighted by molar-refractivity contribution is 5.77. The highest BCUT2D eigenvalue weighted by Crippen LogP contribution is 2.28. The van der Waals surface area contributed by atoms with Crippen LogP contribution in [0.1, 0.15) is 24.5 Å². The molecule has 1 aromatic rings. The van der Waals surface area contributed by atoms with Gasteiger partial charge in [0.05, 0.1) is 5.56 Å². The number of rotatable bonds is 5. The van der Waals surface area contributed by atoms with Gasteiger partial charge in [0.2, 0.25) is 11.8 Å². The van der Waals surface area contributed by atoms with Crippen molar-refractivity contribution in [1.29, 1.82) is 0 Å². The fourth-order valence-electron chi connectivity index (χ4n) is 1.45. The van der Waals surface area contributed by atoms with Crippen LogP contribution in [0.15, 0.2) is 24.3 Å². The largest absolute Gasteiger partial charge is 0.416 e. The first-order valence-corrected chi connectivity index (χ1v) is 5.96. The van der Waals surface area contributed by atoms with Gasteiger partial charge in [0, 0.05) is 26.4 Å². The second kappa shape index (κ2) is 6.93. The van der Waals surface area contributed by atoms with E-state index in [2.05, 4.69) is 10.6 Å². The maximum atomic E-state index is 12.3. The van der Waals surface area contributed by atoms with Crippen molar-refractivity contribution in [1.82, 2.24) is 10.6 Å². The summed E-state index contributed by atoms with van der Waals surface area (Å²) in [5.41, 5.74) is -0.149. The van der Waals surface area contributed by atoms with Crippen LogP contribution < -0.4 is 10.6 Å². The normalized spacial score (nSPS) is 11.0. The lowest BCUT2D eigenvalue weighted by Crippen LogP contribution is -2.29. The van der Waals surface area contributed by atoms with Gasteiger partial charge in [0.15, 0.2) is 0 Å². The van der Waals surface area contributed by atoms with Gasteiger partial charge < -0.3 is 10.6 Å². The van der Waals surface area contributed by atoms with Crippen LogP contribution in [0.3, 0.4) is 0 Å². The van der Waals surface area contributed by atoms with Gasteiger partial charge in [0.25, 0.3) is 0 Å². The number of alkyl halides is 3. The Hall–Kier alpha value is -2.05. The summed E-state index contributed by atoms with van der Waals surface area (Å²) in [5, 5.41) is 5.03. The van der Waals surface area contributed by atoms with E-state index in [1.54, 1.807) is 0 Å². The third-order valence-electron chi connectivity index (χ3n) is 2.50. The third kappa shape index (κ3) is 5.73. The van der Waals surface area contributed by atoms with E-state index < -0.39 is 11.7 Å². The van der Waals surface area contributed by atoms with Crippen LogP contribution in [0.5, 0.6) is 0 Å². The van der Waals surface area contributed by atoms with Gasteiger partial charge in [-0.15, -0.1) is 0 Å². The molecule has 0 aromatic heterocycles. The highest BCUT2D eigenvalue weighted by atomic mass is 19.4. The van der Waals surface area contributed by atoms with Crippen molar-refractivity contribution < 1.29 is 22.8 Å². The second-order valence-corrected chi connectivity index (χ2v) is 4.20. The molecule has 4 nitrogen and oxygen atoms in total. The lowest BCUT2D eigenvalue weighted by atomic mass is 10.1. The van der Waals surface area contributed by atoms with Crippen LogP contribution in [-0.4, -0.2) is 18.4 Å². The van der Waals surface area contributed by atoms with Gasteiger partial charge in [-0.3, -0.25) is 9.59 Å². The Kier molecular flexibility index (Phi) is 5.54. The van der Waals surface area contributed by atoms with Gasteiger partial charge in [-0.25, -0.2) is 0 Å². The number of hydrogen-bond donors (Lipinski definition) is 2. The van der Waals surface area contributed by atoms with Crippen molar-refractivity contribution in [3.63, 3.8) is 0 Å². The van der Waals surface area contributed by atoms with Crippen LogP contribution >= 0.6 is 0 Å². The predicted octanol–water partition coefficient (Wildman–Crippen LogP) is 1.85. The SMILES string of the molecule is CC(=O)NCCC(=O)NCc1ccc(C(F)(F)F)cc1. The smallest absolute Gasteiger partial charge is 0.356 e. The molecule has 110 valence electrons. The van der Waals surface area contributed by atoms with Crippen LogP contribution in [-0.2, 0) is 22.3 Å². The number of halogens is 3. The Labute approximate surface area is 114 Å². The molecule has 0 aliphatic rings. The summed E-state index contributed by atoms with van der Waals surface area (Å²) in [6.07, 6.45) is -4.24. The van der Waals surface area contributed by atoms with Gasteiger partial charge in [-0.2, -0.15) is 13.2 Å². The zero-order valence-electron chi connectivity index (χ0n) is 10.9. The van der Waals surface area contributed by atoms with E-state index in [1.165, 1.54) is 19.1 Å². The van der Waals surface area contributed by atoms with E-state index in [1.807, 2.05) is 0 Å². The summed E-state index contributed by atoms with van der Waals surface area (Å²) in [6.45, 7) is 1.73. The minimum absolute atomic E-state index is 0.125. The minimum Gasteiger partial charge on any atom is -0.356 e. The van der Waals surface area contributed by atoms with Crippen LogP contribution in [0.25, 0.3) is 0 Å². The van der Waals surface area contributed by atoms with E-state index in [4.69, 9.17) is 0 Å². The average Bonchev–Trinajstić information content (AvgIpc) is 2.35. The zero-order chi connectivity index (χ0) is 15.2. The van der Waals surface area contributed by atoms with Gasteiger partial charge in [-0.05, 0) is 17.7 Å². The number of hydrogen-bond acceptors (Lipinski definition) is 2. The number of carbonyl (C=O) groups excluding carboxylic acids is 2. The first-order valence-electron chi connectivity index (χ1n) is 5.96. The van der Waals surface area contributed by atoms with Crippen molar-refractivity contribution in [3.05, 3.63) is 35.4 Å². The van der Waals surface area contributed by atoms with E-state index in [-0.39, 0.29) is 31.3 Å². The van der Waals surface area contributed by atoms with Gasteiger partial charge in [-0.1, -0.05) is 12.1 Å². The molecule has 0 spiro atoms. The number of benzene rings is 1. The molecule has 1 aromatic carbocycles. The molecule has 2 N–H and O–H groups in total. The molecule has 0 atom stereocenters. The first kappa shape index (κ1) is 16.0. The number of carbonyl (C=O) groups is 2. The Morgan fingerprint density at radius 3 is 2.20 bits per heavy atom. The van der Waals surface area contributed by atoms with Crippen molar-refractivity contribution in [3.8, 4) is 0 Å². The fourth-order valence-corrected chi connectivity index (χ4v) is 1.45. The molecule has 0 aliphatic carbocycles. The van der Waals surface area contributed by atoms with E-state index in [9.17, 15) is 22.8 Å². The standard InChI is InChI=1S/C13H15F3N2O2/c1-9(19)17-7-6-12(20)18-8-10-2-4-11(5-3-10)13(14,15)16/h2-5H,6-8H2,1H3,(H,17,19)(H,18,20). The molecule has 20 heavy (non-hydrogen) atoms. The molecule has 7 heteroatoms. The molecule has 1 rings (SSSR count). The van der Waals surface area contributed by atoms with Crippen molar-refractivity contribution in [2.24, 2.45) is 0 Å². The van der Waals surface area contributed by atoms with Crippen molar-refractivity contribution in [2.45, 2.75) is 26.1 Å². The third-order valence-corrected chi connectivity index (χ3v) is 2.50. The summed E-state index contributed by atoms with van der Waals surface area (Å²) in [4.78, 5) is 22.0. The van der Waals surface area contributed by atoms with Gasteiger partial charge >= 0.3 is 6.18 Å². The second-order valence-electron chi connectivity index (χ2n) is 4.20. The Morgan fingerprint density at radius 1 is 1.10 bits per heavy atom. The molecule has 2 amide bonds. The number of nitrogens with one attached hydrogen (secondary N) is 2. The molecule has 0 heterocycles. The maximum absolute atomic E-state index is 12.3. The molecule has 0 unspecified atom stereocenters. The van der Waals surface area contributed by atoms with Crippen LogP contribution in [0, 0.1) is 0 Å². The molecular weight excluding hydrogens is 273 g/mol. The van der Waals surface area contributed by atoms with E-state index in [0.29, 0.717) is 5.56 Å². The number of amides is 2. The van der Waals surface area contributed by atoms with Crippen LogP contribution in [0.2, 0.25) is 0 Å². The summed E-state index contributed by atoms with van der Waals surface area (Å²) in [6, 6.07) is 4.57. The lowest BCUT2D eigenvalue weighted by molar-refractivity contribution is -0.137. The van der Waals surface area contributed by atoms with Gasteiger partial charge in [0.1, 0.15) is 0 Å². The monoisotopic (exact) mass is 288 g/mol. The highest BCUT2D eigenvalue weighted by Gasteiger charge is 2.29. The molecule has 0 radical (unpaired) electrons. The maximum Gasteiger partial charge on any atom is 0.416 e. The zero-order valence-corrected chi connectivity index (χ0v) is 10.9. The Bertz CT molecular complexity index is 469. The topological polar surface area (TPSA) is 58.2 Å². The Balaban J connectivity index is 2.38. The Morgan fingerprint density at radius 2 is 1.70 bits per heavy atom. The summed E-state index contributed by atoms with van der Waals surface area (Å²) in [7, 11) is 0. The molecule has 0 saturated heterocycles. The molecule has 0 saturated carbocycles.